The van der Waals surface area contributed by atoms with Gasteiger partial charge in [-0.15, -0.1) is 0 Å². The number of hydrogen-bond acceptors (Lipinski definition) is 5. The molecule has 0 spiro atoms. The van der Waals surface area contributed by atoms with E-state index in [-0.39, 0.29) is 5.56 Å². The van der Waals surface area contributed by atoms with Crippen molar-refractivity contribution in [1.29, 1.82) is 0 Å². The summed E-state index contributed by atoms with van der Waals surface area (Å²) in [6.07, 6.45) is 7.20. The van der Waals surface area contributed by atoms with Gasteiger partial charge in [-0.05, 0) is 61.2 Å². The number of piperidine rings is 1. The lowest BCUT2D eigenvalue weighted by atomic mass is 9.95. The number of benzene rings is 2. The molecule has 0 saturated carbocycles. The van der Waals surface area contributed by atoms with Crippen molar-refractivity contribution in [2.24, 2.45) is 5.16 Å². The van der Waals surface area contributed by atoms with Crippen LogP contribution in [-0.2, 0) is 10.6 Å². The number of methoxy groups -OCH3 is 1. The van der Waals surface area contributed by atoms with Gasteiger partial charge in [0.05, 0.1) is 24.8 Å². The monoisotopic (exact) mass is 468 g/mol. The Hall–Kier alpha value is -3.75. The van der Waals surface area contributed by atoms with Gasteiger partial charge in [0.1, 0.15) is 5.75 Å². The number of aromatic nitrogens is 2. The van der Waals surface area contributed by atoms with E-state index in [0.717, 1.165) is 47.5 Å². The summed E-state index contributed by atoms with van der Waals surface area (Å²) in [6, 6.07) is 7.76. The minimum Gasteiger partial charge on any atom is -0.495 e. The second-order valence-electron chi connectivity index (χ2n) is 8.52. The fourth-order valence-electron chi connectivity index (χ4n) is 4.44. The first kappa shape index (κ1) is 22.1. The quantitative estimate of drug-likeness (QED) is 0.488. The highest BCUT2D eigenvalue weighted by Crippen LogP contribution is 2.41. The van der Waals surface area contributed by atoms with E-state index in [1.54, 1.807) is 20.4 Å². The number of rotatable bonds is 4. The number of ether oxygens (including phenoxy) is 1. The smallest absolute Gasteiger partial charge is 0.234 e. The third-order valence-electron chi connectivity index (χ3n) is 6.25. The normalized spacial score (nSPS) is 20.8. The highest BCUT2D eigenvalue weighted by atomic mass is 19.2. The first-order chi connectivity index (χ1) is 16.3. The molecule has 0 N–H and O–H groups in total. The number of aryl methyl sites for hydroxylation is 1. The van der Waals surface area contributed by atoms with E-state index in [2.05, 4.69) is 10.1 Å². The summed E-state index contributed by atoms with van der Waals surface area (Å²) in [5.74, 6) is -2.75. The zero-order chi connectivity index (χ0) is 24.0. The molecule has 3 heterocycles. The van der Waals surface area contributed by atoms with Crippen molar-refractivity contribution in [2.75, 3.05) is 13.7 Å². The molecule has 1 unspecified atom stereocenters. The number of imidazole rings is 1. The molecule has 0 aliphatic carbocycles. The highest BCUT2D eigenvalue weighted by molar-refractivity contribution is 6.03. The first-order valence-corrected chi connectivity index (χ1v) is 10.9. The molecule has 6 nitrogen and oxygen atoms in total. The molecule has 34 heavy (non-hydrogen) atoms. The molecule has 1 saturated heterocycles. The van der Waals surface area contributed by atoms with Gasteiger partial charge in [-0.25, -0.2) is 18.2 Å². The van der Waals surface area contributed by atoms with Crippen molar-refractivity contribution in [3.05, 3.63) is 82.7 Å². The van der Waals surface area contributed by atoms with Gasteiger partial charge in [-0.2, -0.15) is 0 Å². The average molecular weight is 468 g/mol. The third-order valence-corrected chi connectivity index (χ3v) is 6.25. The van der Waals surface area contributed by atoms with E-state index < -0.39 is 23.2 Å². The highest BCUT2D eigenvalue weighted by Gasteiger charge is 2.46. The van der Waals surface area contributed by atoms with E-state index in [4.69, 9.17) is 9.57 Å². The van der Waals surface area contributed by atoms with Crippen molar-refractivity contribution >= 4 is 11.9 Å². The largest absolute Gasteiger partial charge is 0.495 e. The summed E-state index contributed by atoms with van der Waals surface area (Å²) in [6.45, 7) is 4.17. The Morgan fingerprint density at radius 2 is 1.91 bits per heavy atom. The molecule has 2 aromatic carbocycles. The van der Waals surface area contributed by atoms with Crippen molar-refractivity contribution < 1.29 is 22.7 Å². The average Bonchev–Trinajstić information content (AvgIpc) is 3.41. The Kier molecular flexibility index (Phi) is 5.34. The first-order valence-electron chi connectivity index (χ1n) is 10.9. The lowest BCUT2D eigenvalue weighted by Gasteiger charge is -2.37. The second-order valence-corrected chi connectivity index (χ2v) is 8.52. The number of amidine groups is 1. The Morgan fingerprint density at radius 1 is 1.15 bits per heavy atom. The molecule has 2 aliphatic heterocycles. The number of halogens is 3. The van der Waals surface area contributed by atoms with Crippen LogP contribution in [0.15, 0.2) is 53.6 Å². The predicted octanol–water partition coefficient (Wildman–Crippen LogP) is 5.30. The summed E-state index contributed by atoms with van der Waals surface area (Å²) in [4.78, 5) is 11.8. The van der Waals surface area contributed by atoms with Crippen LogP contribution in [-0.4, -0.2) is 33.9 Å². The molecule has 2 aliphatic rings. The Balaban J connectivity index is 1.47. The van der Waals surface area contributed by atoms with E-state index >= 15 is 0 Å². The fourth-order valence-corrected chi connectivity index (χ4v) is 4.44. The molecular formula is C25H23F3N4O2. The summed E-state index contributed by atoms with van der Waals surface area (Å²) in [5.41, 5.74) is 2.51. The zero-order valence-electron chi connectivity index (χ0n) is 19.0. The van der Waals surface area contributed by atoms with Crippen LogP contribution in [0, 0.1) is 24.4 Å². The molecule has 1 aromatic heterocycles. The van der Waals surface area contributed by atoms with Crippen molar-refractivity contribution in [3.8, 4) is 11.4 Å². The Morgan fingerprint density at radius 3 is 2.59 bits per heavy atom. The number of fused-ring (bicyclic) bond motifs is 1. The lowest BCUT2D eigenvalue weighted by molar-refractivity contribution is -0.0917. The van der Waals surface area contributed by atoms with E-state index in [0.29, 0.717) is 18.1 Å². The zero-order valence-corrected chi connectivity index (χ0v) is 19.0. The minimum absolute atomic E-state index is 0.158. The van der Waals surface area contributed by atoms with Gasteiger partial charge in [-0.3, -0.25) is 0 Å². The molecule has 0 amide bonds. The summed E-state index contributed by atoms with van der Waals surface area (Å²) < 4.78 is 48.9. The van der Waals surface area contributed by atoms with Crippen LogP contribution in [0.2, 0.25) is 0 Å². The fraction of sp³-hybridized carbons (Fsp3) is 0.280. The maximum Gasteiger partial charge on any atom is 0.234 e. The van der Waals surface area contributed by atoms with Crippen LogP contribution >= 0.6 is 0 Å². The molecular weight excluding hydrogens is 445 g/mol. The topological polar surface area (TPSA) is 51.9 Å². The number of oxime groups is 1. The minimum atomic E-state index is -1.51. The summed E-state index contributed by atoms with van der Waals surface area (Å²) >= 11 is 0. The van der Waals surface area contributed by atoms with Gasteiger partial charge in [0.25, 0.3) is 0 Å². The maximum absolute atomic E-state index is 13.9. The van der Waals surface area contributed by atoms with Gasteiger partial charge in [0.2, 0.25) is 5.72 Å². The van der Waals surface area contributed by atoms with Crippen molar-refractivity contribution in [2.45, 2.75) is 32.4 Å². The standard InChI is InChI=1S/C25H23F3N4O2/c1-15-13-31(14-29-15)21-7-6-16(10-22(21)33-3)9-17-5-4-8-32-24(17)30-34-25(32,2)18-11-19(26)23(28)20(27)12-18/h6-7,9-14H,4-5,8H2,1-3H3. The van der Waals surface area contributed by atoms with Gasteiger partial charge in [0, 0.05) is 25.2 Å². The molecule has 9 heteroatoms. The molecule has 1 fully saturated rings. The maximum atomic E-state index is 13.9. The van der Waals surface area contributed by atoms with Gasteiger partial charge >= 0.3 is 0 Å². The molecule has 5 rings (SSSR count). The Bertz CT molecular complexity index is 1310. The SMILES string of the molecule is COc1cc(C=C2CCCN3C2=NOC3(C)c2cc(F)c(F)c(F)c2)ccc1-n1cnc(C)c1. The predicted molar refractivity (Wildman–Crippen MR) is 121 cm³/mol. The molecule has 176 valence electrons. The number of hydrogen-bond donors (Lipinski definition) is 0. The summed E-state index contributed by atoms with van der Waals surface area (Å²) in [5, 5.41) is 4.25. The van der Waals surface area contributed by atoms with Gasteiger partial charge < -0.3 is 19.0 Å². The van der Waals surface area contributed by atoms with Crippen molar-refractivity contribution in [3.63, 3.8) is 0 Å². The van der Waals surface area contributed by atoms with Crippen LogP contribution < -0.4 is 4.74 Å². The van der Waals surface area contributed by atoms with E-state index in [1.165, 1.54) is 0 Å². The van der Waals surface area contributed by atoms with E-state index in [1.807, 2.05) is 46.9 Å². The third kappa shape index (κ3) is 3.61. The van der Waals surface area contributed by atoms with Crippen LogP contribution in [0.1, 0.15) is 36.6 Å². The molecule has 3 aromatic rings. The molecule has 1 atom stereocenters. The molecule has 0 bridgehead atoms. The van der Waals surface area contributed by atoms with Crippen molar-refractivity contribution in [1.82, 2.24) is 14.5 Å². The number of nitrogens with zero attached hydrogens (tertiary/aromatic N) is 4. The van der Waals surface area contributed by atoms with Crippen LogP contribution in [0.25, 0.3) is 11.8 Å². The van der Waals surface area contributed by atoms with Crippen LogP contribution in [0.5, 0.6) is 5.75 Å². The Labute approximate surface area is 194 Å². The van der Waals surface area contributed by atoms with Gasteiger partial charge in [0.15, 0.2) is 23.3 Å². The summed E-state index contributed by atoms with van der Waals surface area (Å²) in [7, 11) is 1.61. The van der Waals surface area contributed by atoms with Crippen LogP contribution in [0.4, 0.5) is 13.2 Å². The second kappa shape index (κ2) is 8.23. The van der Waals surface area contributed by atoms with Gasteiger partial charge in [-0.1, -0.05) is 11.2 Å². The lowest BCUT2D eigenvalue weighted by Crippen LogP contribution is -2.47. The van der Waals surface area contributed by atoms with E-state index in [9.17, 15) is 13.2 Å². The van der Waals surface area contributed by atoms with Crippen LogP contribution in [0.3, 0.4) is 0 Å². The molecule has 0 radical (unpaired) electrons.